The Morgan fingerprint density at radius 2 is 2.37 bits per heavy atom. The summed E-state index contributed by atoms with van der Waals surface area (Å²) in [5.41, 5.74) is -0.209. The van der Waals surface area contributed by atoms with Crippen molar-refractivity contribution in [2.75, 3.05) is 6.61 Å². The molecule has 2 aromatic rings. The van der Waals surface area contributed by atoms with E-state index in [0.717, 1.165) is 6.20 Å². The summed E-state index contributed by atoms with van der Waals surface area (Å²) in [6.07, 6.45) is 4.20. The number of pyridine rings is 1. The van der Waals surface area contributed by atoms with Crippen molar-refractivity contribution in [3.63, 3.8) is 0 Å². The molecule has 0 fully saturated rings. The minimum atomic E-state index is -0.822. The lowest BCUT2D eigenvalue weighted by Crippen LogP contribution is -2.08. The molecule has 2 aromatic heterocycles. The van der Waals surface area contributed by atoms with Crippen molar-refractivity contribution in [1.82, 2.24) is 14.8 Å². The lowest BCUT2D eigenvalue weighted by atomic mass is 10.4. The number of carbonyl (C=O) groups excluding carboxylic acids is 1. The summed E-state index contributed by atoms with van der Waals surface area (Å²) in [5, 5.41) is 14.8. The molecule has 0 saturated heterocycles. The summed E-state index contributed by atoms with van der Waals surface area (Å²) in [6, 6.07) is 3.32. The summed E-state index contributed by atoms with van der Waals surface area (Å²) in [4.78, 5) is 25.7. The average Bonchev–Trinajstić information content (AvgIpc) is 2.85. The van der Waals surface area contributed by atoms with E-state index in [4.69, 9.17) is 4.74 Å². The van der Waals surface area contributed by atoms with Crippen LogP contribution in [0.25, 0.3) is 5.69 Å². The van der Waals surface area contributed by atoms with Crippen LogP contribution in [0.1, 0.15) is 17.4 Å². The van der Waals surface area contributed by atoms with Crippen molar-refractivity contribution in [3.8, 4) is 5.69 Å². The molecular weight excluding hydrogens is 252 g/mol. The Labute approximate surface area is 107 Å². The van der Waals surface area contributed by atoms with Crippen molar-refractivity contribution < 1.29 is 14.5 Å². The first kappa shape index (κ1) is 12.7. The lowest BCUT2D eigenvalue weighted by molar-refractivity contribution is -0.385. The maximum absolute atomic E-state index is 11.6. The van der Waals surface area contributed by atoms with Gasteiger partial charge in [-0.3, -0.25) is 15.1 Å². The van der Waals surface area contributed by atoms with Crippen LogP contribution in [0, 0.1) is 10.1 Å². The van der Waals surface area contributed by atoms with E-state index in [2.05, 4.69) is 10.1 Å². The summed E-state index contributed by atoms with van der Waals surface area (Å²) in [6.45, 7) is 1.73. The number of aromatic nitrogens is 3. The summed E-state index contributed by atoms with van der Waals surface area (Å²) in [5.74, 6) is -0.822. The van der Waals surface area contributed by atoms with Crippen LogP contribution in [-0.4, -0.2) is 32.3 Å². The Balaban J connectivity index is 2.47. The van der Waals surface area contributed by atoms with Gasteiger partial charge in [0.25, 0.3) is 0 Å². The minimum Gasteiger partial charge on any atom is -0.461 e. The zero-order chi connectivity index (χ0) is 13.8. The number of carbonyl (C=O) groups is 1. The maximum Gasteiger partial charge on any atom is 0.366 e. The zero-order valence-corrected chi connectivity index (χ0v) is 10.0. The van der Waals surface area contributed by atoms with Gasteiger partial charge in [0.15, 0.2) is 0 Å². The van der Waals surface area contributed by atoms with E-state index < -0.39 is 16.6 Å². The second-order valence-corrected chi connectivity index (χ2v) is 3.50. The van der Waals surface area contributed by atoms with Gasteiger partial charge in [-0.2, -0.15) is 5.10 Å². The molecule has 8 heteroatoms. The highest BCUT2D eigenvalue weighted by molar-refractivity contribution is 5.91. The van der Waals surface area contributed by atoms with Crippen molar-refractivity contribution in [2.24, 2.45) is 0 Å². The van der Waals surface area contributed by atoms with E-state index in [1.807, 2.05) is 0 Å². The number of hydrogen-bond acceptors (Lipinski definition) is 6. The molecule has 0 unspecified atom stereocenters. The van der Waals surface area contributed by atoms with Gasteiger partial charge in [0.05, 0.1) is 23.4 Å². The molecule has 0 saturated carbocycles. The molecule has 0 aromatic carbocycles. The molecule has 0 N–H and O–H groups in total. The molecule has 0 aliphatic rings. The Kier molecular flexibility index (Phi) is 3.51. The molecule has 0 atom stereocenters. The minimum absolute atomic E-state index is 0.121. The van der Waals surface area contributed by atoms with Crippen molar-refractivity contribution in [2.45, 2.75) is 6.92 Å². The van der Waals surface area contributed by atoms with Crippen LogP contribution >= 0.6 is 0 Å². The number of nitro groups is 1. The van der Waals surface area contributed by atoms with Crippen LogP contribution in [0.4, 0.5) is 5.69 Å². The van der Waals surface area contributed by atoms with Gasteiger partial charge in [0.2, 0.25) is 5.69 Å². The Morgan fingerprint density at radius 1 is 1.58 bits per heavy atom. The normalized spacial score (nSPS) is 10.2. The fourth-order valence-electron chi connectivity index (χ4n) is 1.46. The van der Waals surface area contributed by atoms with Gasteiger partial charge in [-0.1, -0.05) is 0 Å². The monoisotopic (exact) mass is 262 g/mol. The fraction of sp³-hybridized carbons (Fsp3) is 0.182. The SMILES string of the molecule is CCOC(=O)c1nn(-c2cccnc2)cc1[N+](=O)[O-]. The zero-order valence-electron chi connectivity index (χ0n) is 10.0. The first-order valence-electron chi connectivity index (χ1n) is 5.45. The van der Waals surface area contributed by atoms with Crippen LogP contribution in [0.5, 0.6) is 0 Å². The molecule has 98 valence electrons. The second kappa shape index (κ2) is 5.25. The Hall–Kier alpha value is -2.77. The molecule has 0 aliphatic heterocycles. The van der Waals surface area contributed by atoms with Crippen LogP contribution in [0.2, 0.25) is 0 Å². The van der Waals surface area contributed by atoms with E-state index in [1.165, 1.54) is 10.9 Å². The number of esters is 1. The molecular formula is C11H10N4O4. The molecule has 2 rings (SSSR count). The molecule has 19 heavy (non-hydrogen) atoms. The predicted octanol–water partition coefficient (Wildman–Crippen LogP) is 1.35. The first-order valence-corrected chi connectivity index (χ1v) is 5.45. The van der Waals surface area contributed by atoms with E-state index in [-0.39, 0.29) is 12.3 Å². The number of ether oxygens (including phenoxy) is 1. The maximum atomic E-state index is 11.6. The summed E-state index contributed by atoms with van der Waals surface area (Å²) >= 11 is 0. The number of nitrogens with zero attached hydrogens (tertiary/aromatic N) is 4. The van der Waals surface area contributed by atoms with Gasteiger partial charge in [-0.15, -0.1) is 0 Å². The predicted molar refractivity (Wildman–Crippen MR) is 64.0 cm³/mol. The highest BCUT2D eigenvalue weighted by Crippen LogP contribution is 2.20. The third-order valence-corrected chi connectivity index (χ3v) is 2.27. The largest absolute Gasteiger partial charge is 0.461 e. The fourth-order valence-corrected chi connectivity index (χ4v) is 1.46. The second-order valence-electron chi connectivity index (χ2n) is 3.50. The van der Waals surface area contributed by atoms with Gasteiger partial charge < -0.3 is 4.74 Å². The highest BCUT2D eigenvalue weighted by atomic mass is 16.6. The highest BCUT2D eigenvalue weighted by Gasteiger charge is 2.27. The van der Waals surface area contributed by atoms with Crippen molar-refractivity contribution in [1.29, 1.82) is 0 Å². The summed E-state index contributed by atoms with van der Waals surface area (Å²) in [7, 11) is 0. The summed E-state index contributed by atoms with van der Waals surface area (Å²) < 4.78 is 5.95. The van der Waals surface area contributed by atoms with Gasteiger partial charge in [0.1, 0.15) is 6.20 Å². The molecule has 0 spiro atoms. The molecule has 0 aliphatic carbocycles. The molecule has 0 radical (unpaired) electrons. The van der Waals surface area contributed by atoms with E-state index in [9.17, 15) is 14.9 Å². The third-order valence-electron chi connectivity index (χ3n) is 2.27. The van der Waals surface area contributed by atoms with Crippen molar-refractivity contribution >= 4 is 11.7 Å². The van der Waals surface area contributed by atoms with Crippen LogP contribution in [0.15, 0.2) is 30.7 Å². The van der Waals surface area contributed by atoms with Gasteiger partial charge >= 0.3 is 11.7 Å². The van der Waals surface area contributed by atoms with E-state index in [1.54, 1.807) is 25.3 Å². The molecule has 2 heterocycles. The van der Waals surface area contributed by atoms with Gasteiger partial charge in [-0.05, 0) is 19.1 Å². The van der Waals surface area contributed by atoms with E-state index in [0.29, 0.717) is 5.69 Å². The lowest BCUT2D eigenvalue weighted by Gasteiger charge is -1.98. The van der Waals surface area contributed by atoms with Gasteiger partial charge in [-0.25, -0.2) is 9.48 Å². The Bertz CT molecular complexity index is 608. The molecule has 8 nitrogen and oxygen atoms in total. The van der Waals surface area contributed by atoms with Crippen LogP contribution < -0.4 is 0 Å². The van der Waals surface area contributed by atoms with Crippen LogP contribution in [0.3, 0.4) is 0 Å². The Morgan fingerprint density at radius 3 is 2.95 bits per heavy atom. The molecule has 0 bridgehead atoms. The standard InChI is InChI=1S/C11H10N4O4/c1-2-19-11(16)10-9(15(17)18)7-14(13-10)8-4-3-5-12-6-8/h3-7H,2H2,1H3. The number of rotatable bonds is 4. The quantitative estimate of drug-likeness (QED) is 0.468. The molecule has 0 amide bonds. The number of hydrogen-bond donors (Lipinski definition) is 0. The van der Waals surface area contributed by atoms with Crippen molar-refractivity contribution in [3.05, 3.63) is 46.5 Å². The van der Waals surface area contributed by atoms with E-state index >= 15 is 0 Å². The van der Waals surface area contributed by atoms with Gasteiger partial charge in [0, 0.05) is 6.20 Å². The average molecular weight is 262 g/mol. The smallest absolute Gasteiger partial charge is 0.366 e. The third kappa shape index (κ3) is 2.57. The first-order chi connectivity index (χ1) is 9.13. The van der Waals surface area contributed by atoms with Crippen LogP contribution in [-0.2, 0) is 4.74 Å². The topological polar surface area (TPSA) is 100 Å².